The van der Waals surface area contributed by atoms with Gasteiger partial charge in [-0.05, 0) is 152 Å². The Bertz CT molecular complexity index is 2290. The minimum absolute atomic E-state index is 0.199. The first-order valence-electron chi connectivity index (χ1n) is 22.2. The summed E-state index contributed by atoms with van der Waals surface area (Å²) in [5.41, 5.74) is 7.56. The van der Waals surface area contributed by atoms with Crippen molar-refractivity contribution in [3.05, 3.63) is 119 Å². The number of piperidine rings is 3. The molecule has 0 saturated carbocycles. The zero-order valence-corrected chi connectivity index (χ0v) is 36.3. The number of rotatable bonds is 16. The second-order valence-corrected chi connectivity index (χ2v) is 17.6. The quantitative estimate of drug-likeness (QED) is 0.0310. The maximum Gasteiger partial charge on any atom is 0.243 e. The molecule has 4 N–H and O–H groups in total. The molecule has 8 rings (SSSR count). The van der Waals surface area contributed by atoms with Gasteiger partial charge in [0.05, 0.1) is 6.04 Å². The highest BCUT2D eigenvalue weighted by Gasteiger charge is 2.43. The Morgan fingerprint density at radius 1 is 0.841 bits per heavy atom. The highest BCUT2D eigenvalue weighted by molar-refractivity contribution is 6.27. The lowest BCUT2D eigenvalue weighted by molar-refractivity contribution is -0.141. The first kappa shape index (κ1) is 44.1. The summed E-state index contributed by atoms with van der Waals surface area (Å²) < 4.78 is 6.25. The number of nitrogens with zero attached hydrogens (tertiary/aromatic N) is 3. The number of allylic oxidation sites excluding steroid dienone is 1. The van der Waals surface area contributed by atoms with Crippen molar-refractivity contribution in [3.63, 3.8) is 0 Å². The Kier molecular flexibility index (Phi) is 14.2. The number of hydrogen-bond acceptors (Lipinski definition) is 11. The van der Waals surface area contributed by atoms with E-state index in [4.69, 9.17) is 16.3 Å². The standard InChI is InChI=1S/C50H56ClN5O7/c51-22-19-43(34-4-11-40(58)12-5-34)48(35-6-13-41(59)14-7-35)36-8-15-42(16-9-36)63-27-26-54-24-20-33(21-25-54)29-55-23-1-2-39(31-55)52-38-10-3-37-30-56(45-17-18-47(61)53-50(45)62)49(44(37)28-38)46(60)32-57/h3-16,28,32-33,39,45,49,52,58-59H,1-2,17-27,29-31H2,(H,53,61,62). The highest BCUT2D eigenvalue weighted by Crippen LogP contribution is 2.40. The molecule has 0 radical (unpaired) electrons. The van der Waals surface area contributed by atoms with Crippen molar-refractivity contribution in [1.82, 2.24) is 20.0 Å². The van der Waals surface area contributed by atoms with E-state index in [1.165, 1.54) is 0 Å². The number of nitrogens with one attached hydrogen (secondary N) is 2. The van der Waals surface area contributed by atoms with E-state index >= 15 is 0 Å². The molecule has 4 heterocycles. The van der Waals surface area contributed by atoms with Crippen LogP contribution in [0, 0.1) is 5.92 Å². The van der Waals surface area contributed by atoms with E-state index in [0.717, 1.165) is 115 Å². The first-order valence-corrected chi connectivity index (χ1v) is 22.7. The van der Waals surface area contributed by atoms with Crippen molar-refractivity contribution in [1.29, 1.82) is 0 Å². The molecule has 330 valence electrons. The molecule has 0 bridgehead atoms. The number of aldehydes is 1. The van der Waals surface area contributed by atoms with Crippen LogP contribution in [-0.2, 0) is 25.7 Å². The lowest BCUT2D eigenvalue weighted by Gasteiger charge is -2.38. The number of anilines is 1. The van der Waals surface area contributed by atoms with Gasteiger partial charge in [0.2, 0.25) is 17.6 Å². The molecule has 4 aromatic rings. The smallest absolute Gasteiger partial charge is 0.243 e. The number of benzene rings is 4. The second kappa shape index (κ2) is 20.3. The lowest BCUT2D eigenvalue weighted by Crippen LogP contribution is -2.52. The molecule has 4 aliphatic rings. The predicted octanol–water partition coefficient (Wildman–Crippen LogP) is 6.78. The van der Waals surface area contributed by atoms with E-state index in [2.05, 4.69) is 32.6 Å². The van der Waals surface area contributed by atoms with Gasteiger partial charge in [0.25, 0.3) is 0 Å². The van der Waals surface area contributed by atoms with Gasteiger partial charge in [-0.2, -0.15) is 0 Å². The van der Waals surface area contributed by atoms with Gasteiger partial charge >= 0.3 is 0 Å². The summed E-state index contributed by atoms with van der Waals surface area (Å²) in [5.74, 6) is 0.946. The molecule has 3 saturated heterocycles. The van der Waals surface area contributed by atoms with Crippen molar-refractivity contribution >= 4 is 52.3 Å². The van der Waals surface area contributed by atoms with Crippen LogP contribution in [0.15, 0.2) is 91.0 Å². The molecule has 4 aliphatic heterocycles. The Morgan fingerprint density at radius 2 is 1.52 bits per heavy atom. The van der Waals surface area contributed by atoms with Crippen LogP contribution in [0.2, 0.25) is 0 Å². The number of hydrogen-bond donors (Lipinski definition) is 4. The van der Waals surface area contributed by atoms with E-state index < -0.39 is 23.8 Å². The van der Waals surface area contributed by atoms with Crippen molar-refractivity contribution in [2.75, 3.05) is 57.1 Å². The van der Waals surface area contributed by atoms with E-state index in [1.54, 1.807) is 29.2 Å². The number of alkyl halides is 1. The number of Topliss-reactive ketones (excluding diaryl/α,β-unsaturated/α-hetero) is 1. The average molecular weight is 874 g/mol. The predicted molar refractivity (Wildman–Crippen MR) is 244 cm³/mol. The van der Waals surface area contributed by atoms with Crippen LogP contribution in [0.25, 0.3) is 11.1 Å². The Hall–Kier alpha value is -5.53. The zero-order valence-electron chi connectivity index (χ0n) is 35.5. The summed E-state index contributed by atoms with van der Waals surface area (Å²) in [6.45, 7) is 6.96. The van der Waals surface area contributed by atoms with Gasteiger partial charge in [-0.1, -0.05) is 42.5 Å². The van der Waals surface area contributed by atoms with Crippen LogP contribution in [0.5, 0.6) is 17.2 Å². The van der Waals surface area contributed by atoms with E-state index in [-0.39, 0.29) is 29.9 Å². The number of ether oxygens (including phenoxy) is 1. The van der Waals surface area contributed by atoms with Crippen molar-refractivity contribution in [2.24, 2.45) is 5.92 Å². The van der Waals surface area contributed by atoms with E-state index in [9.17, 15) is 29.4 Å². The largest absolute Gasteiger partial charge is 0.508 e. The summed E-state index contributed by atoms with van der Waals surface area (Å²) in [6.07, 6.45) is 5.90. The number of carbonyl (C=O) groups is 4. The maximum absolute atomic E-state index is 13.0. The van der Waals surface area contributed by atoms with Crippen LogP contribution in [0.4, 0.5) is 5.69 Å². The van der Waals surface area contributed by atoms with Gasteiger partial charge in [-0.25, -0.2) is 0 Å². The van der Waals surface area contributed by atoms with Gasteiger partial charge in [0.1, 0.15) is 29.9 Å². The van der Waals surface area contributed by atoms with E-state index in [0.29, 0.717) is 44.1 Å². The number of ketones is 1. The number of imide groups is 1. The fourth-order valence-electron chi connectivity index (χ4n) is 9.88. The van der Waals surface area contributed by atoms with Gasteiger partial charge < -0.3 is 25.2 Å². The topological polar surface area (TPSA) is 152 Å². The molecule has 4 aromatic carbocycles. The summed E-state index contributed by atoms with van der Waals surface area (Å²) in [4.78, 5) is 56.1. The molecular weight excluding hydrogens is 818 g/mol. The number of likely N-dealkylation sites (tertiary alicyclic amines) is 2. The van der Waals surface area contributed by atoms with Crippen LogP contribution in [0.3, 0.4) is 0 Å². The Morgan fingerprint density at radius 3 is 2.19 bits per heavy atom. The lowest BCUT2D eigenvalue weighted by atomic mass is 9.88. The molecule has 63 heavy (non-hydrogen) atoms. The summed E-state index contributed by atoms with van der Waals surface area (Å²) in [5, 5.41) is 26.0. The zero-order chi connectivity index (χ0) is 43.9. The average Bonchev–Trinajstić information content (AvgIpc) is 3.66. The summed E-state index contributed by atoms with van der Waals surface area (Å²) >= 11 is 6.32. The molecule has 12 nitrogen and oxygen atoms in total. The van der Waals surface area contributed by atoms with E-state index in [1.807, 2.05) is 54.6 Å². The monoisotopic (exact) mass is 873 g/mol. The normalized spacial score (nSPS) is 21.6. The number of amides is 2. The van der Waals surface area contributed by atoms with Crippen LogP contribution in [0.1, 0.15) is 78.8 Å². The molecule has 13 heteroatoms. The fraction of sp³-hybridized carbons (Fsp3) is 0.400. The molecule has 0 aromatic heterocycles. The molecule has 3 atom stereocenters. The third kappa shape index (κ3) is 10.6. The van der Waals surface area contributed by atoms with Crippen LogP contribution >= 0.6 is 11.6 Å². The highest BCUT2D eigenvalue weighted by atomic mass is 35.5. The Balaban J connectivity index is 0.813. The third-order valence-electron chi connectivity index (χ3n) is 13.1. The van der Waals surface area contributed by atoms with Crippen molar-refractivity contribution in [3.8, 4) is 17.2 Å². The Labute approximate surface area is 373 Å². The number of phenols is 2. The van der Waals surface area contributed by atoms with Gasteiger partial charge in [0, 0.05) is 50.2 Å². The fourth-order valence-corrected chi connectivity index (χ4v) is 10.1. The minimum atomic E-state index is -0.844. The number of halogens is 1. The molecule has 2 amide bonds. The molecule has 0 spiro atoms. The van der Waals surface area contributed by atoms with Gasteiger partial charge in [-0.3, -0.25) is 34.3 Å². The number of aromatic hydroxyl groups is 2. The number of carbonyl (C=O) groups excluding carboxylic acids is 4. The molecule has 0 aliphatic carbocycles. The molecule has 3 fully saturated rings. The van der Waals surface area contributed by atoms with Crippen molar-refractivity contribution < 1.29 is 34.1 Å². The van der Waals surface area contributed by atoms with Crippen LogP contribution < -0.4 is 15.4 Å². The number of phenolic OH excluding ortho intramolecular Hbond substituents is 2. The van der Waals surface area contributed by atoms with Gasteiger partial charge in [-0.15, -0.1) is 11.6 Å². The molecule has 3 unspecified atom stereocenters. The van der Waals surface area contributed by atoms with Crippen molar-refractivity contribution in [2.45, 2.75) is 69.6 Å². The summed E-state index contributed by atoms with van der Waals surface area (Å²) in [6, 6.07) is 27.2. The van der Waals surface area contributed by atoms with Crippen LogP contribution in [-0.4, -0.2) is 113 Å². The maximum atomic E-state index is 13.0. The summed E-state index contributed by atoms with van der Waals surface area (Å²) in [7, 11) is 0. The third-order valence-corrected chi connectivity index (χ3v) is 13.2. The first-order chi connectivity index (χ1) is 30.6. The number of fused-ring (bicyclic) bond motifs is 1. The SMILES string of the molecule is O=CC(=O)C1c2cc(NC3CCCN(CC4CCN(CCOc5ccc(C(=C(CCCl)c6ccc(O)cc6)c6ccc(O)cc6)cc5)CC4)C3)ccc2CN1C1CCC(=O)NC1=O. The van der Waals surface area contributed by atoms with Gasteiger partial charge in [0.15, 0.2) is 6.29 Å². The molecular formula is C50H56ClN5O7. The second-order valence-electron chi connectivity index (χ2n) is 17.3. The minimum Gasteiger partial charge on any atom is -0.508 e.